The standard InChI is InChI=1S/C23H24O8/c1-22(2,28)6-5-9-12(24)8-13(25)14-15(26)10-7-11-19(16(27)18(10)29-17(9)14)31-23(3,4)21-20(11)30-21/h7-8,20-21,24-25,27-28H,5-6H2,1-4H3. The van der Waals surface area contributed by atoms with Gasteiger partial charge in [0.2, 0.25) is 11.2 Å². The van der Waals surface area contributed by atoms with Crippen LogP contribution >= 0.6 is 0 Å². The number of aromatic hydroxyl groups is 3. The molecule has 0 saturated carbocycles. The predicted octanol–water partition coefficient (Wildman–Crippen LogP) is 3.38. The lowest BCUT2D eigenvalue weighted by Gasteiger charge is -2.30. The van der Waals surface area contributed by atoms with E-state index in [4.69, 9.17) is 13.9 Å². The molecule has 4 N–H and O–H groups in total. The molecule has 2 aliphatic heterocycles. The smallest absolute Gasteiger partial charge is 0.204 e. The molecule has 8 heteroatoms. The molecule has 2 atom stereocenters. The Morgan fingerprint density at radius 1 is 1.10 bits per heavy atom. The van der Waals surface area contributed by atoms with Crippen molar-refractivity contribution < 1.29 is 34.3 Å². The van der Waals surface area contributed by atoms with Crippen LogP contribution in [0.15, 0.2) is 21.3 Å². The van der Waals surface area contributed by atoms with Crippen molar-refractivity contribution in [3.8, 4) is 23.0 Å². The lowest BCUT2D eigenvalue weighted by molar-refractivity contribution is 0.0694. The molecular formula is C23H24O8. The molecule has 3 heterocycles. The van der Waals surface area contributed by atoms with Crippen LogP contribution in [0.1, 0.15) is 51.3 Å². The van der Waals surface area contributed by atoms with Crippen molar-refractivity contribution in [2.75, 3.05) is 0 Å². The first-order valence-corrected chi connectivity index (χ1v) is 10.2. The molecule has 2 unspecified atom stereocenters. The van der Waals surface area contributed by atoms with Crippen LogP contribution in [0.2, 0.25) is 0 Å². The maximum absolute atomic E-state index is 13.3. The highest BCUT2D eigenvalue weighted by molar-refractivity contribution is 5.98. The number of aryl methyl sites for hydroxylation is 1. The van der Waals surface area contributed by atoms with Crippen LogP contribution in [0.5, 0.6) is 23.0 Å². The first-order chi connectivity index (χ1) is 14.4. The molecule has 0 spiro atoms. The molecule has 2 aromatic carbocycles. The minimum absolute atomic E-state index is 0.0369. The Balaban J connectivity index is 1.81. The second-order valence-electron chi connectivity index (χ2n) is 9.54. The molecule has 1 fully saturated rings. The molecule has 5 rings (SSSR count). The molecule has 1 aromatic heterocycles. The second kappa shape index (κ2) is 6.05. The normalized spacial score (nSPS) is 21.6. The fourth-order valence-electron chi connectivity index (χ4n) is 4.36. The third kappa shape index (κ3) is 2.93. The van der Waals surface area contributed by atoms with Crippen molar-refractivity contribution in [1.29, 1.82) is 0 Å². The molecule has 0 bridgehead atoms. The summed E-state index contributed by atoms with van der Waals surface area (Å²) in [6, 6.07) is 2.66. The summed E-state index contributed by atoms with van der Waals surface area (Å²) in [5.41, 5.74) is -1.53. The van der Waals surface area contributed by atoms with E-state index in [0.717, 1.165) is 6.07 Å². The Hall–Kier alpha value is -2.97. The van der Waals surface area contributed by atoms with E-state index in [0.29, 0.717) is 5.56 Å². The van der Waals surface area contributed by atoms with E-state index < -0.39 is 22.4 Å². The largest absolute Gasteiger partial charge is 0.507 e. The van der Waals surface area contributed by atoms with E-state index in [9.17, 15) is 25.2 Å². The molecule has 2 aliphatic rings. The summed E-state index contributed by atoms with van der Waals surface area (Å²) in [6.07, 6.45) is -0.00765. The quantitative estimate of drug-likeness (QED) is 0.369. The highest BCUT2D eigenvalue weighted by atomic mass is 16.6. The van der Waals surface area contributed by atoms with Crippen molar-refractivity contribution in [1.82, 2.24) is 0 Å². The van der Waals surface area contributed by atoms with Crippen LogP contribution in [-0.4, -0.2) is 37.7 Å². The van der Waals surface area contributed by atoms with Crippen molar-refractivity contribution in [3.05, 3.63) is 33.5 Å². The highest BCUT2D eigenvalue weighted by Gasteiger charge is 2.57. The van der Waals surface area contributed by atoms with Crippen LogP contribution in [0.4, 0.5) is 0 Å². The Morgan fingerprint density at radius 2 is 1.81 bits per heavy atom. The number of aliphatic hydroxyl groups is 1. The van der Waals surface area contributed by atoms with Gasteiger partial charge in [-0.2, -0.15) is 0 Å². The van der Waals surface area contributed by atoms with Crippen molar-refractivity contribution in [2.24, 2.45) is 0 Å². The number of fused-ring (bicyclic) bond motifs is 5. The number of hydrogen-bond donors (Lipinski definition) is 4. The van der Waals surface area contributed by atoms with E-state index in [2.05, 4.69) is 0 Å². The van der Waals surface area contributed by atoms with E-state index in [-0.39, 0.29) is 69.8 Å². The van der Waals surface area contributed by atoms with E-state index >= 15 is 0 Å². The van der Waals surface area contributed by atoms with Crippen molar-refractivity contribution >= 4 is 21.9 Å². The second-order valence-corrected chi connectivity index (χ2v) is 9.54. The molecule has 8 nitrogen and oxygen atoms in total. The van der Waals surface area contributed by atoms with E-state index in [1.807, 2.05) is 13.8 Å². The first kappa shape index (κ1) is 20.0. The zero-order chi connectivity index (χ0) is 22.5. The van der Waals surface area contributed by atoms with Gasteiger partial charge in [-0.1, -0.05) is 0 Å². The molecular weight excluding hydrogens is 404 g/mol. The number of phenols is 3. The van der Waals surface area contributed by atoms with E-state index in [1.54, 1.807) is 19.9 Å². The Morgan fingerprint density at radius 3 is 2.48 bits per heavy atom. The van der Waals surface area contributed by atoms with Gasteiger partial charge in [-0.15, -0.1) is 0 Å². The molecule has 1 saturated heterocycles. The van der Waals surface area contributed by atoms with Crippen molar-refractivity contribution in [3.63, 3.8) is 0 Å². The average Bonchev–Trinajstić information content (AvgIpc) is 3.44. The lowest BCUT2D eigenvalue weighted by atomic mass is 9.92. The number of rotatable bonds is 3. The summed E-state index contributed by atoms with van der Waals surface area (Å²) in [7, 11) is 0. The van der Waals surface area contributed by atoms with Gasteiger partial charge in [0.1, 0.15) is 40.3 Å². The molecule has 164 valence electrons. The number of phenolic OH excluding ortho intramolecular Hbond substituents is 3. The summed E-state index contributed by atoms with van der Waals surface area (Å²) in [5.74, 6) is -0.822. The fourth-order valence-corrected chi connectivity index (χ4v) is 4.36. The summed E-state index contributed by atoms with van der Waals surface area (Å²) in [4.78, 5) is 13.3. The van der Waals surface area contributed by atoms with Gasteiger partial charge in [-0.25, -0.2) is 0 Å². The number of hydrogen-bond acceptors (Lipinski definition) is 8. The highest BCUT2D eigenvalue weighted by Crippen LogP contribution is 2.57. The molecule has 3 aromatic rings. The van der Waals surface area contributed by atoms with Crippen LogP contribution in [0.3, 0.4) is 0 Å². The van der Waals surface area contributed by atoms with Gasteiger partial charge in [0.25, 0.3) is 0 Å². The lowest BCUT2D eigenvalue weighted by Crippen LogP contribution is -2.37. The maximum atomic E-state index is 13.3. The van der Waals surface area contributed by atoms with Gasteiger partial charge < -0.3 is 34.3 Å². The van der Waals surface area contributed by atoms with Gasteiger partial charge >= 0.3 is 0 Å². The van der Waals surface area contributed by atoms with E-state index in [1.165, 1.54) is 0 Å². The van der Waals surface area contributed by atoms with Gasteiger partial charge in [-0.05, 0) is 46.6 Å². The summed E-state index contributed by atoms with van der Waals surface area (Å²) < 4.78 is 17.6. The van der Waals surface area contributed by atoms with Crippen LogP contribution in [-0.2, 0) is 11.2 Å². The molecule has 0 aliphatic carbocycles. The van der Waals surface area contributed by atoms with Gasteiger partial charge in [0.15, 0.2) is 11.3 Å². The Kier molecular flexibility index (Phi) is 3.89. The number of benzene rings is 2. The number of ether oxygens (including phenoxy) is 2. The van der Waals surface area contributed by atoms with Crippen LogP contribution < -0.4 is 10.2 Å². The number of epoxide rings is 1. The van der Waals surface area contributed by atoms with Crippen LogP contribution in [0.25, 0.3) is 21.9 Å². The van der Waals surface area contributed by atoms with Gasteiger partial charge in [0.05, 0.1) is 11.0 Å². The fraction of sp³-hybridized carbons (Fsp3) is 0.435. The minimum Gasteiger partial charge on any atom is -0.507 e. The Bertz CT molecular complexity index is 1310. The monoisotopic (exact) mass is 428 g/mol. The topological polar surface area (TPSA) is 133 Å². The third-order valence-electron chi connectivity index (χ3n) is 6.09. The Labute approximate surface area is 177 Å². The predicted molar refractivity (Wildman–Crippen MR) is 112 cm³/mol. The van der Waals surface area contributed by atoms with Crippen LogP contribution in [0, 0.1) is 0 Å². The first-order valence-electron chi connectivity index (χ1n) is 10.2. The summed E-state index contributed by atoms with van der Waals surface area (Å²) in [6.45, 7) is 6.96. The minimum atomic E-state index is -1.02. The summed E-state index contributed by atoms with van der Waals surface area (Å²) in [5, 5.41) is 41.8. The van der Waals surface area contributed by atoms with Gasteiger partial charge in [-0.3, -0.25) is 4.79 Å². The molecule has 31 heavy (non-hydrogen) atoms. The summed E-state index contributed by atoms with van der Waals surface area (Å²) >= 11 is 0. The zero-order valence-electron chi connectivity index (χ0n) is 17.6. The average molecular weight is 428 g/mol. The zero-order valence-corrected chi connectivity index (χ0v) is 17.6. The molecule has 0 radical (unpaired) electrons. The molecule has 0 amide bonds. The van der Waals surface area contributed by atoms with Crippen molar-refractivity contribution in [2.45, 2.75) is 63.9 Å². The van der Waals surface area contributed by atoms with Gasteiger partial charge in [0, 0.05) is 17.2 Å². The maximum Gasteiger partial charge on any atom is 0.204 e. The SMILES string of the molecule is CC(C)(O)CCc1c(O)cc(O)c2c(=O)c3cc4c(c(O)c3oc12)OC(C)(C)C1OC41. The third-order valence-corrected chi connectivity index (χ3v) is 6.09.